The first-order valence-electron chi connectivity index (χ1n) is 6.20. The topological polar surface area (TPSA) is 0 Å². The third-order valence-electron chi connectivity index (χ3n) is 2.72. The van der Waals surface area contributed by atoms with Gasteiger partial charge in [0.15, 0.2) is 0 Å². The number of rotatable bonds is 0. The molecule has 0 aliphatic heterocycles. The summed E-state index contributed by atoms with van der Waals surface area (Å²) < 4.78 is 0. The van der Waals surface area contributed by atoms with Gasteiger partial charge in [0.05, 0.1) is 0 Å². The summed E-state index contributed by atoms with van der Waals surface area (Å²) >= 11 is 0. The third kappa shape index (κ3) is 6.94. The molecule has 1 aliphatic carbocycles. The molecule has 0 atom stereocenters. The van der Waals surface area contributed by atoms with E-state index in [2.05, 4.69) is 24.3 Å². The molecule has 0 spiro atoms. The van der Waals surface area contributed by atoms with Crippen LogP contribution < -0.4 is 0 Å². The van der Waals surface area contributed by atoms with Crippen LogP contribution in [0.3, 0.4) is 0 Å². The fraction of sp³-hybridized carbons (Fsp3) is 0.714. The lowest BCUT2D eigenvalue weighted by molar-refractivity contribution is 0.620. The van der Waals surface area contributed by atoms with Gasteiger partial charge in [-0.15, -0.1) is 0 Å². The summed E-state index contributed by atoms with van der Waals surface area (Å²) in [4.78, 5) is 0. The Kier molecular flexibility index (Phi) is 7.47. The summed E-state index contributed by atoms with van der Waals surface area (Å²) in [6.45, 7) is 0. The van der Waals surface area contributed by atoms with E-state index in [4.69, 9.17) is 0 Å². The van der Waals surface area contributed by atoms with Gasteiger partial charge in [0, 0.05) is 0 Å². The van der Waals surface area contributed by atoms with Gasteiger partial charge < -0.3 is 0 Å². The molecule has 0 saturated heterocycles. The summed E-state index contributed by atoms with van der Waals surface area (Å²) in [7, 11) is 0. The van der Waals surface area contributed by atoms with Crippen molar-refractivity contribution in [2.75, 3.05) is 0 Å². The number of allylic oxidation sites excluding steroid dienone is 4. The fourth-order valence-corrected chi connectivity index (χ4v) is 1.80. The Hall–Kier alpha value is -0.520. The van der Waals surface area contributed by atoms with Crippen molar-refractivity contribution in [2.24, 2.45) is 0 Å². The van der Waals surface area contributed by atoms with Crippen LogP contribution in [0.25, 0.3) is 0 Å². The predicted octanol–water partition coefficient (Wildman–Crippen LogP) is 4.82. The molecule has 0 bridgehead atoms. The summed E-state index contributed by atoms with van der Waals surface area (Å²) in [6.07, 6.45) is 23.5. The Balaban J connectivity index is 2.16. The van der Waals surface area contributed by atoms with Gasteiger partial charge in [-0.3, -0.25) is 0 Å². The van der Waals surface area contributed by atoms with Gasteiger partial charge in [-0.1, -0.05) is 37.5 Å². The van der Waals surface area contributed by atoms with Gasteiger partial charge in [-0.2, -0.15) is 0 Å². The molecule has 0 saturated carbocycles. The van der Waals surface area contributed by atoms with Crippen LogP contribution in [0.5, 0.6) is 0 Å². The molecule has 79 valence electrons. The SMILES string of the molecule is [C]1=CCCCCCCCC=CCCC1. The van der Waals surface area contributed by atoms with E-state index in [0.717, 1.165) is 6.42 Å². The molecular weight excluding hydrogens is 168 g/mol. The highest BCUT2D eigenvalue weighted by atomic mass is 14.0. The van der Waals surface area contributed by atoms with Crippen molar-refractivity contribution in [2.45, 2.75) is 64.2 Å². The number of hydrogen-bond acceptors (Lipinski definition) is 0. The molecule has 0 amide bonds. The molecule has 1 rings (SSSR count). The first-order valence-corrected chi connectivity index (χ1v) is 6.20. The largest absolute Gasteiger partial charge is 0.0885 e. The van der Waals surface area contributed by atoms with Crippen molar-refractivity contribution in [3.63, 3.8) is 0 Å². The minimum atomic E-state index is 1.14. The van der Waals surface area contributed by atoms with Gasteiger partial charge in [0.25, 0.3) is 0 Å². The second-order valence-electron chi connectivity index (χ2n) is 4.12. The molecule has 1 aliphatic rings. The Labute approximate surface area is 89.1 Å². The molecule has 0 N–H and O–H groups in total. The quantitative estimate of drug-likeness (QED) is 0.482. The van der Waals surface area contributed by atoms with Gasteiger partial charge in [-0.25, -0.2) is 0 Å². The molecule has 0 aromatic carbocycles. The van der Waals surface area contributed by atoms with E-state index in [1.165, 1.54) is 57.8 Å². The second kappa shape index (κ2) is 9.05. The lowest BCUT2D eigenvalue weighted by Crippen LogP contribution is -1.79. The van der Waals surface area contributed by atoms with Crippen LogP contribution >= 0.6 is 0 Å². The molecule has 0 unspecified atom stereocenters. The van der Waals surface area contributed by atoms with E-state index < -0.39 is 0 Å². The van der Waals surface area contributed by atoms with E-state index in [0.29, 0.717) is 0 Å². The molecule has 0 aromatic heterocycles. The third-order valence-corrected chi connectivity index (χ3v) is 2.72. The summed E-state index contributed by atoms with van der Waals surface area (Å²) in [6, 6.07) is 0. The van der Waals surface area contributed by atoms with Crippen LogP contribution in [-0.4, -0.2) is 0 Å². The summed E-state index contributed by atoms with van der Waals surface area (Å²) in [5.74, 6) is 0. The summed E-state index contributed by atoms with van der Waals surface area (Å²) in [5.41, 5.74) is 0. The van der Waals surface area contributed by atoms with E-state index in [9.17, 15) is 0 Å². The van der Waals surface area contributed by atoms with Gasteiger partial charge in [0.1, 0.15) is 0 Å². The maximum absolute atomic E-state index is 3.38. The minimum Gasteiger partial charge on any atom is -0.0885 e. The standard InChI is InChI=1S/C14H23/c1-2-4-6-8-10-12-14-13-11-9-7-5-3-1/h1-2,12H,3-9,11,13-14H2. The van der Waals surface area contributed by atoms with E-state index in [1.807, 2.05) is 0 Å². The lowest BCUT2D eigenvalue weighted by Gasteiger charge is -1.99. The maximum Gasteiger partial charge on any atom is -0.0276 e. The Morgan fingerprint density at radius 2 is 1.29 bits per heavy atom. The smallest absolute Gasteiger partial charge is 0.0276 e. The molecule has 0 nitrogen and oxygen atoms in total. The first-order chi connectivity index (χ1) is 7.00. The highest BCUT2D eigenvalue weighted by molar-refractivity contribution is 4.83. The van der Waals surface area contributed by atoms with Crippen LogP contribution in [-0.2, 0) is 0 Å². The minimum absolute atomic E-state index is 1.14. The maximum atomic E-state index is 3.38. The van der Waals surface area contributed by atoms with Crippen molar-refractivity contribution < 1.29 is 0 Å². The molecule has 0 fully saturated rings. The molecular formula is C14H23. The lowest BCUT2D eigenvalue weighted by atomic mass is 10.1. The highest BCUT2D eigenvalue weighted by Crippen LogP contribution is 2.09. The number of hydrogen-bond donors (Lipinski definition) is 0. The van der Waals surface area contributed by atoms with Gasteiger partial charge in [-0.05, 0) is 51.0 Å². The van der Waals surface area contributed by atoms with Gasteiger partial charge >= 0.3 is 0 Å². The Bertz CT molecular complexity index is 147. The first kappa shape index (κ1) is 11.6. The second-order valence-corrected chi connectivity index (χ2v) is 4.12. The van der Waals surface area contributed by atoms with Crippen molar-refractivity contribution >= 4 is 0 Å². The molecule has 14 heavy (non-hydrogen) atoms. The Morgan fingerprint density at radius 1 is 0.643 bits per heavy atom. The van der Waals surface area contributed by atoms with E-state index in [-0.39, 0.29) is 0 Å². The van der Waals surface area contributed by atoms with Crippen LogP contribution in [0.1, 0.15) is 64.2 Å². The zero-order chi connectivity index (χ0) is 9.90. The average molecular weight is 191 g/mol. The van der Waals surface area contributed by atoms with Crippen LogP contribution in [0.4, 0.5) is 0 Å². The van der Waals surface area contributed by atoms with Crippen molar-refractivity contribution in [3.05, 3.63) is 24.3 Å². The predicted molar refractivity (Wildman–Crippen MR) is 63.1 cm³/mol. The average Bonchev–Trinajstić information content (AvgIpc) is 2.22. The zero-order valence-electron chi connectivity index (χ0n) is 9.30. The van der Waals surface area contributed by atoms with Crippen LogP contribution in [0.15, 0.2) is 18.2 Å². The van der Waals surface area contributed by atoms with E-state index >= 15 is 0 Å². The van der Waals surface area contributed by atoms with Crippen molar-refractivity contribution in [1.29, 1.82) is 0 Å². The van der Waals surface area contributed by atoms with Crippen molar-refractivity contribution in [1.82, 2.24) is 0 Å². The van der Waals surface area contributed by atoms with E-state index in [1.54, 1.807) is 0 Å². The molecule has 0 heterocycles. The zero-order valence-corrected chi connectivity index (χ0v) is 9.30. The monoisotopic (exact) mass is 191 g/mol. The molecule has 1 radical (unpaired) electrons. The summed E-state index contributed by atoms with van der Waals surface area (Å²) in [5, 5.41) is 0. The van der Waals surface area contributed by atoms with Gasteiger partial charge in [0.2, 0.25) is 0 Å². The fourth-order valence-electron chi connectivity index (χ4n) is 1.80. The van der Waals surface area contributed by atoms with Crippen molar-refractivity contribution in [3.8, 4) is 0 Å². The van der Waals surface area contributed by atoms with Crippen LogP contribution in [0, 0.1) is 6.08 Å². The molecule has 0 heteroatoms. The highest BCUT2D eigenvalue weighted by Gasteiger charge is 1.90. The normalized spacial score (nSPS) is 21.7. The van der Waals surface area contributed by atoms with Crippen LogP contribution in [0.2, 0.25) is 0 Å². The Morgan fingerprint density at radius 3 is 2.14 bits per heavy atom. The molecule has 0 aromatic rings.